The van der Waals surface area contributed by atoms with Crippen molar-refractivity contribution in [2.45, 2.75) is 39.2 Å². The van der Waals surface area contributed by atoms with Crippen LogP contribution in [0.25, 0.3) is 0 Å². The Morgan fingerprint density at radius 1 is 1.58 bits per heavy atom. The van der Waals surface area contributed by atoms with E-state index in [1.54, 1.807) is 0 Å². The first kappa shape index (κ1) is 10.0. The smallest absolute Gasteiger partial charge is 0.0434 e. The van der Waals surface area contributed by atoms with Gasteiger partial charge in [0.2, 0.25) is 0 Å². The van der Waals surface area contributed by atoms with Gasteiger partial charge in [-0.15, -0.1) is 0 Å². The summed E-state index contributed by atoms with van der Waals surface area (Å²) in [6.45, 7) is 7.29. The highest BCUT2D eigenvalue weighted by molar-refractivity contribution is 4.76. The van der Waals surface area contributed by atoms with Crippen LogP contribution in [0.5, 0.6) is 0 Å². The number of hydrogen-bond acceptors (Lipinski definition) is 2. The zero-order valence-corrected chi connectivity index (χ0v) is 8.29. The molecule has 0 aromatic rings. The molecule has 0 saturated carbocycles. The van der Waals surface area contributed by atoms with E-state index in [2.05, 4.69) is 18.7 Å². The molecule has 2 nitrogen and oxygen atoms in total. The Labute approximate surface area is 75.6 Å². The van der Waals surface area contributed by atoms with Gasteiger partial charge in [0, 0.05) is 19.2 Å². The Kier molecular flexibility index (Phi) is 4.02. The van der Waals surface area contributed by atoms with Crippen LogP contribution >= 0.6 is 0 Å². The summed E-state index contributed by atoms with van der Waals surface area (Å²) in [5, 5.41) is 8.76. The molecule has 2 unspecified atom stereocenters. The third-order valence-electron chi connectivity index (χ3n) is 2.86. The maximum absolute atomic E-state index is 8.76. The Balaban J connectivity index is 2.20. The van der Waals surface area contributed by atoms with Gasteiger partial charge in [0.15, 0.2) is 0 Å². The molecule has 0 bridgehead atoms. The second-order valence-corrected chi connectivity index (χ2v) is 4.10. The minimum absolute atomic E-state index is 0.337. The van der Waals surface area contributed by atoms with Crippen LogP contribution in [-0.4, -0.2) is 35.7 Å². The van der Waals surface area contributed by atoms with Crippen LogP contribution in [0.4, 0.5) is 0 Å². The van der Waals surface area contributed by atoms with Gasteiger partial charge in [-0.1, -0.05) is 6.92 Å². The summed E-state index contributed by atoms with van der Waals surface area (Å²) in [6.07, 6.45) is 3.65. The molecule has 0 amide bonds. The lowest BCUT2D eigenvalue weighted by Crippen LogP contribution is -2.31. The van der Waals surface area contributed by atoms with E-state index in [9.17, 15) is 0 Å². The largest absolute Gasteiger partial charge is 0.396 e. The average Bonchev–Trinajstić information content (AvgIpc) is 2.37. The van der Waals surface area contributed by atoms with Crippen molar-refractivity contribution in [2.75, 3.05) is 19.7 Å². The fraction of sp³-hybridized carbons (Fsp3) is 1.00. The Morgan fingerprint density at radius 2 is 2.33 bits per heavy atom. The zero-order chi connectivity index (χ0) is 8.97. The van der Waals surface area contributed by atoms with Gasteiger partial charge >= 0.3 is 0 Å². The molecule has 0 radical (unpaired) electrons. The standard InChI is InChI=1S/C10H21NO/c1-9(5-7-12)8-11-6-3-4-10(11)2/h9-10,12H,3-8H2,1-2H3. The van der Waals surface area contributed by atoms with Crippen molar-refractivity contribution >= 4 is 0 Å². The summed E-state index contributed by atoms with van der Waals surface area (Å²) in [4.78, 5) is 2.54. The van der Waals surface area contributed by atoms with Gasteiger partial charge in [0.05, 0.1) is 0 Å². The van der Waals surface area contributed by atoms with Crippen molar-refractivity contribution in [3.05, 3.63) is 0 Å². The van der Waals surface area contributed by atoms with E-state index in [1.807, 2.05) is 0 Å². The lowest BCUT2D eigenvalue weighted by Gasteiger charge is -2.24. The molecule has 0 aliphatic carbocycles. The number of aliphatic hydroxyl groups excluding tert-OH is 1. The predicted octanol–water partition coefficient (Wildman–Crippen LogP) is 1.49. The highest BCUT2D eigenvalue weighted by Gasteiger charge is 2.21. The number of hydrogen-bond donors (Lipinski definition) is 1. The molecule has 1 fully saturated rings. The third-order valence-corrected chi connectivity index (χ3v) is 2.86. The van der Waals surface area contributed by atoms with E-state index in [4.69, 9.17) is 5.11 Å². The SMILES string of the molecule is CC(CCO)CN1CCCC1C. The van der Waals surface area contributed by atoms with E-state index in [0.717, 1.165) is 12.5 Å². The van der Waals surface area contributed by atoms with Crippen LogP contribution in [0, 0.1) is 5.92 Å². The number of likely N-dealkylation sites (tertiary alicyclic amines) is 1. The highest BCUT2D eigenvalue weighted by Crippen LogP contribution is 2.18. The molecule has 2 atom stereocenters. The van der Waals surface area contributed by atoms with Crippen molar-refractivity contribution in [1.29, 1.82) is 0 Å². The molecule has 1 aliphatic rings. The summed E-state index contributed by atoms with van der Waals surface area (Å²) < 4.78 is 0. The van der Waals surface area contributed by atoms with Crippen LogP contribution in [0.15, 0.2) is 0 Å². The van der Waals surface area contributed by atoms with Crippen LogP contribution in [0.1, 0.15) is 33.1 Å². The molecular weight excluding hydrogens is 150 g/mol. The molecule has 2 heteroatoms. The van der Waals surface area contributed by atoms with Crippen molar-refractivity contribution in [3.63, 3.8) is 0 Å². The van der Waals surface area contributed by atoms with Crippen LogP contribution in [0.3, 0.4) is 0 Å². The zero-order valence-electron chi connectivity index (χ0n) is 8.29. The van der Waals surface area contributed by atoms with Gasteiger partial charge in [0.1, 0.15) is 0 Å². The number of rotatable bonds is 4. The third kappa shape index (κ3) is 2.76. The molecule has 1 rings (SSSR count). The topological polar surface area (TPSA) is 23.5 Å². The molecule has 0 aromatic carbocycles. The van der Waals surface area contributed by atoms with Gasteiger partial charge in [0.25, 0.3) is 0 Å². The lowest BCUT2D eigenvalue weighted by molar-refractivity contribution is 0.198. The maximum atomic E-state index is 8.76. The fourth-order valence-electron chi connectivity index (χ4n) is 1.98. The highest BCUT2D eigenvalue weighted by atomic mass is 16.3. The molecule has 12 heavy (non-hydrogen) atoms. The second-order valence-electron chi connectivity index (χ2n) is 4.10. The normalized spacial score (nSPS) is 27.8. The number of nitrogens with zero attached hydrogens (tertiary/aromatic N) is 1. The molecular formula is C10H21NO. The van der Waals surface area contributed by atoms with E-state index < -0.39 is 0 Å². The summed E-state index contributed by atoms with van der Waals surface area (Å²) in [6, 6.07) is 0.770. The van der Waals surface area contributed by atoms with E-state index in [1.165, 1.54) is 25.9 Å². The second kappa shape index (κ2) is 4.83. The molecule has 72 valence electrons. The monoisotopic (exact) mass is 171 g/mol. The maximum Gasteiger partial charge on any atom is 0.0434 e. The van der Waals surface area contributed by atoms with Gasteiger partial charge in [-0.3, -0.25) is 0 Å². The van der Waals surface area contributed by atoms with Gasteiger partial charge in [-0.05, 0) is 38.6 Å². The van der Waals surface area contributed by atoms with Crippen molar-refractivity contribution in [2.24, 2.45) is 5.92 Å². The van der Waals surface area contributed by atoms with Gasteiger partial charge < -0.3 is 10.0 Å². The van der Waals surface area contributed by atoms with Gasteiger partial charge in [-0.25, -0.2) is 0 Å². The molecule has 0 aromatic heterocycles. The Bertz CT molecular complexity index is 127. The van der Waals surface area contributed by atoms with Crippen molar-refractivity contribution in [1.82, 2.24) is 4.90 Å². The van der Waals surface area contributed by atoms with E-state index >= 15 is 0 Å². The van der Waals surface area contributed by atoms with Gasteiger partial charge in [-0.2, -0.15) is 0 Å². The summed E-state index contributed by atoms with van der Waals surface area (Å²) in [5.41, 5.74) is 0. The average molecular weight is 171 g/mol. The minimum Gasteiger partial charge on any atom is -0.396 e. The fourth-order valence-corrected chi connectivity index (χ4v) is 1.98. The summed E-state index contributed by atoms with van der Waals surface area (Å²) >= 11 is 0. The van der Waals surface area contributed by atoms with Crippen LogP contribution in [-0.2, 0) is 0 Å². The summed E-state index contributed by atoms with van der Waals surface area (Å²) in [5.74, 6) is 0.649. The molecule has 1 heterocycles. The lowest BCUT2D eigenvalue weighted by atomic mass is 10.1. The predicted molar refractivity (Wildman–Crippen MR) is 51.1 cm³/mol. The van der Waals surface area contributed by atoms with E-state index in [0.29, 0.717) is 12.5 Å². The first-order valence-electron chi connectivity index (χ1n) is 5.09. The summed E-state index contributed by atoms with van der Waals surface area (Å²) in [7, 11) is 0. The molecule has 1 N–H and O–H groups in total. The minimum atomic E-state index is 0.337. The Morgan fingerprint density at radius 3 is 2.83 bits per heavy atom. The molecule has 0 spiro atoms. The van der Waals surface area contributed by atoms with Crippen molar-refractivity contribution in [3.8, 4) is 0 Å². The van der Waals surface area contributed by atoms with Crippen LogP contribution < -0.4 is 0 Å². The quantitative estimate of drug-likeness (QED) is 0.692. The van der Waals surface area contributed by atoms with E-state index in [-0.39, 0.29) is 0 Å². The first-order valence-corrected chi connectivity index (χ1v) is 5.09. The van der Waals surface area contributed by atoms with Crippen LogP contribution in [0.2, 0.25) is 0 Å². The molecule has 1 aliphatic heterocycles. The van der Waals surface area contributed by atoms with Crippen molar-refractivity contribution < 1.29 is 5.11 Å². The first-order chi connectivity index (χ1) is 5.74. The number of aliphatic hydroxyl groups is 1. The Hall–Kier alpha value is -0.0800. The molecule has 1 saturated heterocycles.